The van der Waals surface area contributed by atoms with E-state index in [0.717, 1.165) is 5.56 Å². The van der Waals surface area contributed by atoms with E-state index in [1.54, 1.807) is 23.6 Å². The van der Waals surface area contributed by atoms with E-state index in [1.807, 2.05) is 37.3 Å². The van der Waals surface area contributed by atoms with Crippen LogP contribution in [0.3, 0.4) is 0 Å². The first kappa shape index (κ1) is 20.9. The number of hydroxylamine groups is 1. The van der Waals surface area contributed by atoms with Gasteiger partial charge in [-0.2, -0.15) is 4.31 Å². The van der Waals surface area contributed by atoms with Crippen molar-refractivity contribution in [3.8, 4) is 0 Å². The first-order valence-corrected chi connectivity index (χ1v) is 11.9. The third-order valence-corrected chi connectivity index (χ3v) is 8.52. The third kappa shape index (κ3) is 4.36. The van der Waals surface area contributed by atoms with Crippen molar-refractivity contribution in [1.29, 1.82) is 0 Å². The maximum atomic E-state index is 12.7. The van der Waals surface area contributed by atoms with Gasteiger partial charge >= 0.3 is 6.09 Å². The minimum Gasteiger partial charge on any atom is -0.392 e. The molecule has 160 valence electrons. The summed E-state index contributed by atoms with van der Waals surface area (Å²) in [6, 6.07) is 12.7. The molecule has 2 aliphatic heterocycles. The lowest BCUT2D eigenvalue weighted by atomic mass is 9.93. The molecule has 1 aromatic carbocycles. The van der Waals surface area contributed by atoms with E-state index in [4.69, 9.17) is 9.57 Å². The molecule has 8 nitrogen and oxygen atoms in total. The van der Waals surface area contributed by atoms with Crippen LogP contribution < -0.4 is 10.8 Å². The molecule has 3 heterocycles. The Morgan fingerprint density at radius 1 is 1.23 bits per heavy atom. The van der Waals surface area contributed by atoms with Crippen LogP contribution in [0.1, 0.15) is 31.4 Å². The lowest BCUT2D eigenvalue weighted by Crippen LogP contribution is -2.46. The van der Waals surface area contributed by atoms with Crippen molar-refractivity contribution in [1.82, 2.24) is 15.1 Å². The number of thiophene rings is 1. The zero-order valence-electron chi connectivity index (χ0n) is 16.4. The molecule has 2 N–H and O–H groups in total. The summed E-state index contributed by atoms with van der Waals surface area (Å²) in [6.07, 6.45) is 2.04. The van der Waals surface area contributed by atoms with Gasteiger partial charge in [0.15, 0.2) is 0 Å². The highest BCUT2D eigenvalue weighted by molar-refractivity contribution is 7.91. The fourth-order valence-corrected chi connectivity index (χ4v) is 6.11. The van der Waals surface area contributed by atoms with Crippen LogP contribution >= 0.6 is 11.3 Å². The molecule has 10 heteroatoms. The molecule has 1 atom stereocenters. The van der Waals surface area contributed by atoms with Gasteiger partial charge in [-0.15, -0.1) is 11.3 Å². The first-order chi connectivity index (χ1) is 14.4. The predicted molar refractivity (Wildman–Crippen MR) is 112 cm³/mol. The third-order valence-electron chi connectivity index (χ3n) is 5.24. The molecule has 0 radical (unpaired) electrons. The second kappa shape index (κ2) is 8.38. The van der Waals surface area contributed by atoms with Crippen molar-refractivity contribution in [2.24, 2.45) is 0 Å². The van der Waals surface area contributed by atoms with Crippen LogP contribution in [0.5, 0.6) is 0 Å². The van der Waals surface area contributed by atoms with E-state index < -0.39 is 21.7 Å². The molecule has 0 bridgehead atoms. The zero-order valence-corrected chi connectivity index (χ0v) is 18.0. The molecule has 4 rings (SSSR count). The van der Waals surface area contributed by atoms with Gasteiger partial charge in [0.05, 0.1) is 6.04 Å². The Labute approximate surface area is 179 Å². The Kier molecular flexibility index (Phi) is 5.83. The summed E-state index contributed by atoms with van der Waals surface area (Å²) in [6.45, 7) is 2.51. The quantitative estimate of drug-likeness (QED) is 0.728. The van der Waals surface area contributed by atoms with Crippen molar-refractivity contribution < 1.29 is 22.8 Å². The van der Waals surface area contributed by atoms with Crippen LogP contribution in [0.2, 0.25) is 0 Å². The highest BCUT2D eigenvalue weighted by Gasteiger charge is 2.42. The number of ether oxygens (including phenoxy) is 1. The second-order valence-electron chi connectivity index (χ2n) is 7.28. The number of piperidine rings is 1. The zero-order chi connectivity index (χ0) is 21.2. The van der Waals surface area contributed by atoms with Gasteiger partial charge < -0.3 is 10.1 Å². The molecule has 30 heavy (non-hydrogen) atoms. The molecule has 1 fully saturated rings. The van der Waals surface area contributed by atoms with Gasteiger partial charge in [0, 0.05) is 19.2 Å². The van der Waals surface area contributed by atoms with Crippen molar-refractivity contribution in [3.63, 3.8) is 0 Å². The summed E-state index contributed by atoms with van der Waals surface area (Å²) >= 11 is 1.21. The van der Waals surface area contributed by atoms with Gasteiger partial charge in [0.25, 0.3) is 10.0 Å². The molecule has 1 aromatic heterocycles. The smallest absolute Gasteiger partial charge is 0.392 e. The van der Waals surface area contributed by atoms with Crippen LogP contribution in [0.4, 0.5) is 4.79 Å². The number of carbonyl (C=O) groups excluding carboxylic acids is 1. The van der Waals surface area contributed by atoms with E-state index in [9.17, 15) is 13.2 Å². The minimum atomic E-state index is -3.48. The summed E-state index contributed by atoms with van der Waals surface area (Å²) in [7, 11) is -3.48. The van der Waals surface area contributed by atoms with E-state index in [0.29, 0.717) is 30.1 Å². The SMILES string of the molecule is CC(NC(=O)OC1=CC2(CCN(S(=O)(=O)c3cccs3)CC2)ON1)c1ccccc1. The number of benzene rings is 1. The molecule has 1 unspecified atom stereocenters. The molecule has 2 aliphatic rings. The van der Waals surface area contributed by atoms with Crippen LogP contribution in [0, 0.1) is 0 Å². The topological polar surface area (TPSA) is 97.0 Å². The Hall–Kier alpha value is -2.40. The number of alkyl carbamates (subject to hydrolysis) is 1. The highest BCUT2D eigenvalue weighted by atomic mass is 32.2. The molecular formula is C20H23N3O5S2. The average molecular weight is 450 g/mol. The lowest BCUT2D eigenvalue weighted by Gasteiger charge is -2.35. The van der Waals surface area contributed by atoms with Crippen molar-refractivity contribution in [3.05, 3.63) is 65.4 Å². The van der Waals surface area contributed by atoms with Crippen molar-refractivity contribution in [2.75, 3.05) is 13.1 Å². The summed E-state index contributed by atoms with van der Waals surface area (Å²) in [4.78, 5) is 17.9. The van der Waals surface area contributed by atoms with Gasteiger partial charge in [-0.3, -0.25) is 4.84 Å². The number of carbonyl (C=O) groups is 1. The molecule has 0 aliphatic carbocycles. The molecular weight excluding hydrogens is 426 g/mol. The van der Waals surface area contributed by atoms with Crippen LogP contribution in [0.25, 0.3) is 0 Å². The van der Waals surface area contributed by atoms with Crippen LogP contribution in [0.15, 0.2) is 64.0 Å². The number of nitrogens with zero attached hydrogens (tertiary/aromatic N) is 1. The monoisotopic (exact) mass is 449 g/mol. The second-order valence-corrected chi connectivity index (χ2v) is 10.4. The fraction of sp³-hybridized carbons (Fsp3) is 0.350. The average Bonchev–Trinajstić information content (AvgIpc) is 3.40. The standard InChI is InChI=1S/C20H23N3O5S2/c1-15(16-6-3-2-4-7-16)21-19(24)27-17-14-20(28-22-17)9-11-23(12-10-20)30(25,26)18-8-5-13-29-18/h2-8,13-15,22H,9-12H2,1H3,(H,21,24). The van der Waals surface area contributed by atoms with E-state index in [1.165, 1.54) is 15.6 Å². The Morgan fingerprint density at radius 2 is 1.97 bits per heavy atom. The number of rotatable bonds is 5. The van der Waals surface area contributed by atoms with E-state index in [-0.39, 0.29) is 11.9 Å². The lowest BCUT2D eigenvalue weighted by molar-refractivity contribution is -0.0729. The van der Waals surface area contributed by atoms with E-state index >= 15 is 0 Å². The number of amides is 1. The van der Waals surface area contributed by atoms with E-state index in [2.05, 4.69) is 10.8 Å². The van der Waals surface area contributed by atoms with Gasteiger partial charge in [-0.1, -0.05) is 36.4 Å². The number of sulfonamides is 1. The molecule has 1 amide bonds. The number of hydrogen-bond donors (Lipinski definition) is 2. The normalized spacial score (nSPS) is 19.7. The summed E-state index contributed by atoms with van der Waals surface area (Å²) < 4.78 is 32.5. The van der Waals surface area contributed by atoms with Gasteiger partial charge in [-0.25, -0.2) is 18.7 Å². The summed E-state index contributed by atoms with van der Waals surface area (Å²) in [5, 5.41) is 4.52. The summed E-state index contributed by atoms with van der Waals surface area (Å²) in [5.74, 6) is 0.210. The number of nitrogens with one attached hydrogen (secondary N) is 2. The molecule has 0 saturated carbocycles. The fourth-order valence-electron chi connectivity index (χ4n) is 3.52. The van der Waals surface area contributed by atoms with Crippen molar-refractivity contribution in [2.45, 2.75) is 35.6 Å². The largest absolute Gasteiger partial charge is 0.414 e. The van der Waals surface area contributed by atoms with Crippen LogP contribution in [-0.2, 0) is 19.6 Å². The van der Waals surface area contributed by atoms with Crippen molar-refractivity contribution >= 4 is 27.5 Å². The maximum absolute atomic E-state index is 12.7. The Balaban J connectivity index is 1.33. The minimum absolute atomic E-state index is 0.207. The van der Waals surface area contributed by atoms with Crippen LogP contribution in [-0.4, -0.2) is 37.5 Å². The highest BCUT2D eigenvalue weighted by Crippen LogP contribution is 2.34. The maximum Gasteiger partial charge on any atom is 0.414 e. The Morgan fingerprint density at radius 3 is 2.63 bits per heavy atom. The predicted octanol–water partition coefficient (Wildman–Crippen LogP) is 3.14. The summed E-state index contributed by atoms with van der Waals surface area (Å²) in [5.41, 5.74) is 2.93. The van der Waals surface area contributed by atoms with Gasteiger partial charge in [0.1, 0.15) is 9.81 Å². The molecule has 1 saturated heterocycles. The Bertz CT molecular complexity index is 1010. The number of hydrogen-bond acceptors (Lipinski definition) is 7. The molecule has 1 spiro atoms. The van der Waals surface area contributed by atoms with Gasteiger partial charge in [0.2, 0.25) is 5.88 Å². The molecule has 2 aromatic rings. The van der Waals surface area contributed by atoms with Gasteiger partial charge in [-0.05, 0) is 36.8 Å². The first-order valence-electron chi connectivity index (χ1n) is 9.62.